The number of benzene rings is 1. The smallest absolute Gasteiger partial charge is 0.134 e. The number of nitrogens with two attached hydrogens (primary N) is 1. The first kappa shape index (κ1) is 8.75. The third-order valence-corrected chi connectivity index (χ3v) is 3.46. The van der Waals surface area contributed by atoms with Gasteiger partial charge in [-0.3, -0.25) is 0 Å². The van der Waals surface area contributed by atoms with Crippen LogP contribution in [0.3, 0.4) is 0 Å². The van der Waals surface area contributed by atoms with Crippen LogP contribution in [0.15, 0.2) is 17.0 Å². The summed E-state index contributed by atoms with van der Waals surface area (Å²) in [6, 6.07) is 3.96. The van der Waals surface area contributed by atoms with E-state index in [9.17, 15) is 0 Å². The number of rotatable bonds is 1. The van der Waals surface area contributed by atoms with Crippen molar-refractivity contribution >= 4 is 17.4 Å². The molecule has 3 heteroatoms. The minimum Gasteiger partial charge on any atom is -0.495 e. The third kappa shape index (κ3) is 1.61. The largest absolute Gasteiger partial charge is 0.495 e. The topological polar surface area (TPSA) is 35.2 Å². The van der Waals surface area contributed by atoms with Gasteiger partial charge in [-0.25, -0.2) is 0 Å². The Hall–Kier alpha value is -0.830. The highest BCUT2D eigenvalue weighted by molar-refractivity contribution is 7.99. The zero-order valence-corrected chi connectivity index (χ0v) is 8.49. The van der Waals surface area contributed by atoms with Gasteiger partial charge in [-0.2, -0.15) is 0 Å². The highest BCUT2D eigenvalue weighted by Crippen LogP contribution is 2.38. The van der Waals surface area contributed by atoms with Crippen molar-refractivity contribution in [2.24, 2.45) is 0 Å². The van der Waals surface area contributed by atoms with Crippen molar-refractivity contribution in [3.63, 3.8) is 0 Å². The number of thioether (sulfide) groups is 1. The van der Waals surface area contributed by atoms with Crippen LogP contribution >= 0.6 is 11.8 Å². The molecule has 0 radical (unpaired) electrons. The molecule has 2 nitrogen and oxygen atoms in total. The fraction of sp³-hybridized carbons (Fsp3) is 0.400. The molecule has 1 aliphatic heterocycles. The van der Waals surface area contributed by atoms with Gasteiger partial charge in [-0.15, -0.1) is 11.8 Å². The van der Waals surface area contributed by atoms with Gasteiger partial charge < -0.3 is 10.5 Å². The van der Waals surface area contributed by atoms with Gasteiger partial charge in [0.05, 0.1) is 12.0 Å². The van der Waals surface area contributed by atoms with Crippen LogP contribution in [0.2, 0.25) is 0 Å². The maximum Gasteiger partial charge on any atom is 0.134 e. The second-order valence-corrected chi connectivity index (χ2v) is 4.27. The SMILES string of the molecule is COc1cc(N)cc2c1SCCC2. The van der Waals surface area contributed by atoms with E-state index in [1.54, 1.807) is 7.11 Å². The van der Waals surface area contributed by atoms with Gasteiger partial charge in [0.15, 0.2) is 0 Å². The Morgan fingerprint density at radius 3 is 3.08 bits per heavy atom. The first-order valence-electron chi connectivity index (χ1n) is 4.40. The summed E-state index contributed by atoms with van der Waals surface area (Å²) in [5, 5.41) is 0. The summed E-state index contributed by atoms with van der Waals surface area (Å²) in [5.74, 6) is 2.12. The van der Waals surface area contributed by atoms with Crippen LogP contribution < -0.4 is 10.5 Å². The fourth-order valence-electron chi connectivity index (χ4n) is 1.62. The normalized spacial score (nSPS) is 15.2. The maximum absolute atomic E-state index is 5.77. The highest BCUT2D eigenvalue weighted by atomic mass is 32.2. The Labute approximate surface area is 82.5 Å². The first-order valence-corrected chi connectivity index (χ1v) is 5.39. The molecule has 0 bridgehead atoms. The van der Waals surface area contributed by atoms with E-state index in [1.165, 1.54) is 22.6 Å². The van der Waals surface area contributed by atoms with Crippen molar-refractivity contribution in [2.45, 2.75) is 17.7 Å². The zero-order valence-electron chi connectivity index (χ0n) is 7.67. The minimum atomic E-state index is 0.804. The van der Waals surface area contributed by atoms with E-state index in [4.69, 9.17) is 10.5 Å². The van der Waals surface area contributed by atoms with Crippen LogP contribution in [0.4, 0.5) is 5.69 Å². The molecule has 0 fully saturated rings. The summed E-state index contributed by atoms with van der Waals surface area (Å²) < 4.78 is 5.29. The summed E-state index contributed by atoms with van der Waals surface area (Å²) in [6.45, 7) is 0. The lowest BCUT2D eigenvalue weighted by atomic mass is 10.1. The molecule has 1 aromatic rings. The number of fused-ring (bicyclic) bond motifs is 1. The molecule has 0 spiro atoms. The number of ether oxygens (including phenoxy) is 1. The Morgan fingerprint density at radius 2 is 2.31 bits per heavy atom. The quantitative estimate of drug-likeness (QED) is 0.698. The lowest BCUT2D eigenvalue weighted by Gasteiger charge is -2.18. The number of hydrogen-bond acceptors (Lipinski definition) is 3. The Bertz CT molecular complexity index is 308. The number of hydrogen-bond donors (Lipinski definition) is 1. The summed E-state index contributed by atoms with van der Waals surface area (Å²) in [6.07, 6.45) is 2.37. The predicted molar refractivity (Wildman–Crippen MR) is 56.5 cm³/mol. The molecule has 0 unspecified atom stereocenters. The van der Waals surface area contributed by atoms with Gasteiger partial charge in [-0.1, -0.05) is 0 Å². The molecule has 1 heterocycles. The Kier molecular flexibility index (Phi) is 2.36. The number of nitrogen functional groups attached to an aromatic ring is 1. The Balaban J connectivity index is 2.50. The lowest BCUT2D eigenvalue weighted by Crippen LogP contribution is -2.02. The number of anilines is 1. The lowest BCUT2D eigenvalue weighted by molar-refractivity contribution is 0.403. The summed E-state index contributed by atoms with van der Waals surface area (Å²) in [7, 11) is 1.70. The Morgan fingerprint density at radius 1 is 1.46 bits per heavy atom. The predicted octanol–water partition coefficient (Wildman–Crippen LogP) is 2.32. The van der Waals surface area contributed by atoms with Gasteiger partial charge >= 0.3 is 0 Å². The molecule has 0 saturated heterocycles. The summed E-state index contributed by atoms with van der Waals surface area (Å²) in [5.41, 5.74) is 7.91. The van der Waals surface area contributed by atoms with E-state index in [2.05, 4.69) is 6.07 Å². The van der Waals surface area contributed by atoms with Crippen molar-refractivity contribution in [3.05, 3.63) is 17.7 Å². The standard InChI is InChI=1S/C10H13NOS/c1-12-9-6-8(11)5-7-3-2-4-13-10(7)9/h5-6H,2-4,11H2,1H3. The highest BCUT2D eigenvalue weighted by Gasteiger charge is 2.14. The molecule has 0 amide bonds. The van der Waals surface area contributed by atoms with Gasteiger partial charge in [0, 0.05) is 11.8 Å². The molecule has 0 aromatic heterocycles. The molecular weight excluding hydrogens is 182 g/mol. The van der Waals surface area contributed by atoms with Crippen molar-refractivity contribution in [2.75, 3.05) is 18.6 Å². The van der Waals surface area contributed by atoms with Crippen molar-refractivity contribution < 1.29 is 4.74 Å². The average molecular weight is 195 g/mol. The molecule has 70 valence electrons. The molecular formula is C10H13NOS. The fourth-order valence-corrected chi connectivity index (χ4v) is 2.75. The van der Waals surface area contributed by atoms with Gasteiger partial charge in [-0.05, 0) is 30.2 Å². The van der Waals surface area contributed by atoms with Gasteiger partial charge in [0.1, 0.15) is 5.75 Å². The van der Waals surface area contributed by atoms with E-state index in [-0.39, 0.29) is 0 Å². The van der Waals surface area contributed by atoms with Gasteiger partial charge in [0.25, 0.3) is 0 Å². The molecule has 0 saturated carbocycles. The molecule has 2 N–H and O–H groups in total. The van der Waals surface area contributed by atoms with E-state index in [0.29, 0.717) is 0 Å². The van der Waals surface area contributed by atoms with Crippen LogP contribution in [0.25, 0.3) is 0 Å². The second kappa shape index (κ2) is 3.50. The molecule has 1 aromatic carbocycles. The van der Waals surface area contributed by atoms with Crippen LogP contribution in [-0.2, 0) is 6.42 Å². The van der Waals surface area contributed by atoms with Crippen LogP contribution in [-0.4, -0.2) is 12.9 Å². The van der Waals surface area contributed by atoms with E-state index >= 15 is 0 Å². The van der Waals surface area contributed by atoms with Gasteiger partial charge in [0.2, 0.25) is 0 Å². The van der Waals surface area contributed by atoms with Crippen LogP contribution in [0, 0.1) is 0 Å². The monoisotopic (exact) mass is 195 g/mol. The number of methoxy groups -OCH3 is 1. The molecule has 2 rings (SSSR count). The second-order valence-electron chi connectivity index (χ2n) is 3.16. The summed E-state index contributed by atoms with van der Waals surface area (Å²) in [4.78, 5) is 1.28. The van der Waals surface area contributed by atoms with Crippen molar-refractivity contribution in [1.29, 1.82) is 0 Å². The number of aryl methyl sites for hydroxylation is 1. The third-order valence-electron chi connectivity index (χ3n) is 2.21. The van der Waals surface area contributed by atoms with E-state index < -0.39 is 0 Å². The molecule has 1 aliphatic rings. The zero-order chi connectivity index (χ0) is 9.26. The van der Waals surface area contributed by atoms with E-state index in [0.717, 1.165) is 17.9 Å². The minimum absolute atomic E-state index is 0.804. The summed E-state index contributed by atoms with van der Waals surface area (Å²) >= 11 is 1.87. The van der Waals surface area contributed by atoms with Crippen LogP contribution in [0.1, 0.15) is 12.0 Å². The van der Waals surface area contributed by atoms with Crippen LogP contribution in [0.5, 0.6) is 5.75 Å². The van der Waals surface area contributed by atoms with Crippen molar-refractivity contribution in [3.8, 4) is 5.75 Å². The first-order chi connectivity index (χ1) is 6.31. The van der Waals surface area contributed by atoms with E-state index in [1.807, 2.05) is 17.8 Å². The molecule has 13 heavy (non-hydrogen) atoms. The average Bonchev–Trinajstić information content (AvgIpc) is 2.16. The maximum atomic E-state index is 5.77. The molecule has 0 aliphatic carbocycles. The van der Waals surface area contributed by atoms with Crippen molar-refractivity contribution in [1.82, 2.24) is 0 Å². The molecule has 0 atom stereocenters.